The van der Waals surface area contributed by atoms with Gasteiger partial charge in [0.2, 0.25) is 0 Å². The van der Waals surface area contributed by atoms with Gasteiger partial charge in [0.25, 0.3) is 0 Å². The number of rotatable bonds is 6. The first-order chi connectivity index (χ1) is 15.4. The lowest BCUT2D eigenvalue weighted by Crippen LogP contribution is -2.16. The molecule has 1 aromatic heterocycles. The molecular weight excluding hydrogens is 450 g/mol. The fraction of sp³-hybridized carbons (Fsp3) is 0.348. The van der Waals surface area contributed by atoms with E-state index in [4.69, 9.17) is 5.11 Å². The number of unbranched alkanes of at least 4 members (excludes halogenated alkanes) is 1. The molecule has 0 amide bonds. The second kappa shape index (κ2) is 9.36. The zero-order valence-corrected chi connectivity index (χ0v) is 17.5. The van der Waals surface area contributed by atoms with E-state index in [0.717, 1.165) is 18.9 Å². The van der Waals surface area contributed by atoms with Gasteiger partial charge in [0.05, 0.1) is 34.1 Å². The average Bonchev–Trinajstić information content (AvgIpc) is 2.76. The van der Waals surface area contributed by atoms with Crippen molar-refractivity contribution in [3.8, 4) is 11.3 Å². The number of halogens is 6. The molecule has 1 unspecified atom stereocenters. The van der Waals surface area contributed by atoms with Crippen LogP contribution in [0, 0.1) is 5.92 Å². The number of benzene rings is 1. The fourth-order valence-corrected chi connectivity index (χ4v) is 3.47. The van der Waals surface area contributed by atoms with Crippen molar-refractivity contribution in [1.82, 2.24) is 9.97 Å². The number of allylic oxidation sites excluding steroid dienone is 3. The number of aromatic nitrogens is 2. The van der Waals surface area contributed by atoms with Crippen molar-refractivity contribution in [2.45, 2.75) is 45.0 Å². The molecule has 0 saturated carbocycles. The summed E-state index contributed by atoms with van der Waals surface area (Å²) in [6.07, 6.45) is -2.12. The molecule has 10 heteroatoms. The highest BCUT2D eigenvalue weighted by atomic mass is 19.4. The molecule has 1 aromatic carbocycles. The summed E-state index contributed by atoms with van der Waals surface area (Å²) in [4.78, 5) is 20.0. The molecule has 3 rings (SSSR count). The van der Waals surface area contributed by atoms with E-state index < -0.39 is 35.4 Å². The van der Waals surface area contributed by atoms with Crippen LogP contribution in [0.25, 0.3) is 16.8 Å². The Morgan fingerprint density at radius 2 is 1.79 bits per heavy atom. The van der Waals surface area contributed by atoms with Gasteiger partial charge in [-0.05, 0) is 37.0 Å². The van der Waals surface area contributed by atoms with Crippen molar-refractivity contribution in [3.05, 3.63) is 65.1 Å². The van der Waals surface area contributed by atoms with Crippen LogP contribution in [0.3, 0.4) is 0 Å². The predicted molar refractivity (Wildman–Crippen MR) is 109 cm³/mol. The van der Waals surface area contributed by atoms with Gasteiger partial charge in [0.1, 0.15) is 0 Å². The van der Waals surface area contributed by atoms with Crippen LogP contribution in [0.1, 0.15) is 48.7 Å². The van der Waals surface area contributed by atoms with Crippen molar-refractivity contribution in [1.29, 1.82) is 0 Å². The molecule has 4 nitrogen and oxygen atoms in total. The molecule has 1 aliphatic carbocycles. The summed E-state index contributed by atoms with van der Waals surface area (Å²) in [5, 5.41) is 9.16. The first-order valence-corrected chi connectivity index (χ1v) is 10.2. The molecule has 0 fully saturated rings. The molecule has 0 spiro atoms. The number of hydrogen-bond acceptors (Lipinski definition) is 3. The third-order valence-corrected chi connectivity index (χ3v) is 5.20. The van der Waals surface area contributed by atoms with E-state index in [1.807, 2.05) is 6.92 Å². The second-order valence-corrected chi connectivity index (χ2v) is 7.62. The van der Waals surface area contributed by atoms with Crippen LogP contribution in [0.4, 0.5) is 26.3 Å². The second-order valence-electron chi connectivity index (χ2n) is 7.62. The van der Waals surface area contributed by atoms with Crippen LogP contribution < -0.4 is 0 Å². The lowest BCUT2D eigenvalue weighted by molar-refractivity contribution is -0.162. The maximum Gasteiger partial charge on any atom is 0.417 e. The van der Waals surface area contributed by atoms with E-state index in [2.05, 4.69) is 9.97 Å². The molecule has 0 radical (unpaired) electrons. The van der Waals surface area contributed by atoms with E-state index in [-0.39, 0.29) is 23.4 Å². The van der Waals surface area contributed by atoms with Gasteiger partial charge >= 0.3 is 18.3 Å². The predicted octanol–water partition coefficient (Wildman–Crippen LogP) is 6.57. The molecule has 1 heterocycles. The Bertz CT molecular complexity index is 1100. The van der Waals surface area contributed by atoms with Gasteiger partial charge < -0.3 is 5.11 Å². The molecule has 33 heavy (non-hydrogen) atoms. The minimum atomic E-state index is -5.23. The SMILES string of the molecule is CCCCc1cnc(-c2ccc(C(F)(F)F)c(C(F)(F)F)c2)c(C2=CCC(C(=O)O)C=C2)n1. The minimum Gasteiger partial charge on any atom is -0.481 e. The van der Waals surface area contributed by atoms with Crippen molar-refractivity contribution in [2.24, 2.45) is 5.92 Å². The Kier molecular flexibility index (Phi) is 6.94. The maximum atomic E-state index is 13.4. The van der Waals surface area contributed by atoms with Crippen LogP contribution in [0.5, 0.6) is 0 Å². The lowest BCUT2D eigenvalue weighted by atomic mass is 9.92. The van der Waals surface area contributed by atoms with Gasteiger partial charge in [-0.25, -0.2) is 4.98 Å². The number of aliphatic carboxylic acids is 1. The van der Waals surface area contributed by atoms with Crippen molar-refractivity contribution in [3.63, 3.8) is 0 Å². The molecule has 0 saturated heterocycles. The zero-order valence-electron chi connectivity index (χ0n) is 17.5. The number of carboxylic acids is 1. The first-order valence-electron chi connectivity index (χ1n) is 10.2. The number of nitrogens with zero attached hydrogens (tertiary/aromatic N) is 2. The third-order valence-electron chi connectivity index (χ3n) is 5.20. The summed E-state index contributed by atoms with van der Waals surface area (Å²) < 4.78 is 79.8. The first kappa shape index (κ1) is 24.5. The van der Waals surface area contributed by atoms with E-state index in [1.54, 1.807) is 6.08 Å². The number of aryl methyl sites for hydroxylation is 1. The van der Waals surface area contributed by atoms with Crippen LogP contribution in [0.15, 0.2) is 42.6 Å². The summed E-state index contributed by atoms with van der Waals surface area (Å²) >= 11 is 0. The molecule has 176 valence electrons. The highest BCUT2D eigenvalue weighted by molar-refractivity contribution is 5.84. The average molecular weight is 470 g/mol. The topological polar surface area (TPSA) is 63.1 Å². The Morgan fingerprint density at radius 3 is 2.33 bits per heavy atom. The normalized spacial score (nSPS) is 16.6. The summed E-state index contributed by atoms with van der Waals surface area (Å²) in [7, 11) is 0. The van der Waals surface area contributed by atoms with Gasteiger partial charge in [0.15, 0.2) is 0 Å². The smallest absolute Gasteiger partial charge is 0.417 e. The van der Waals surface area contributed by atoms with Crippen molar-refractivity contribution in [2.75, 3.05) is 0 Å². The van der Waals surface area contributed by atoms with Gasteiger partial charge in [-0.1, -0.05) is 37.6 Å². The molecule has 0 bridgehead atoms. The Morgan fingerprint density at radius 1 is 1.09 bits per heavy atom. The van der Waals surface area contributed by atoms with E-state index in [9.17, 15) is 31.1 Å². The zero-order chi connectivity index (χ0) is 24.4. The summed E-state index contributed by atoms with van der Waals surface area (Å²) in [5.41, 5.74) is -2.57. The third kappa shape index (κ3) is 5.61. The van der Waals surface area contributed by atoms with Crippen molar-refractivity contribution < 1.29 is 36.2 Å². The molecule has 1 atom stereocenters. The number of carboxylic acid groups (broad SMARTS) is 1. The number of alkyl halides is 6. The summed E-state index contributed by atoms with van der Waals surface area (Å²) in [6.45, 7) is 1.97. The van der Waals surface area contributed by atoms with E-state index in [0.29, 0.717) is 29.8 Å². The van der Waals surface area contributed by atoms with Gasteiger partial charge in [-0.2, -0.15) is 26.3 Å². The lowest BCUT2D eigenvalue weighted by Gasteiger charge is -2.18. The Labute approximate surface area is 185 Å². The number of hydrogen-bond donors (Lipinski definition) is 1. The van der Waals surface area contributed by atoms with Crippen LogP contribution in [-0.4, -0.2) is 21.0 Å². The minimum absolute atomic E-state index is 0.0147. The molecule has 1 aliphatic rings. The molecule has 0 aliphatic heterocycles. The highest BCUT2D eigenvalue weighted by Crippen LogP contribution is 2.42. The Balaban J connectivity index is 2.15. The molecule has 1 N–H and O–H groups in total. The van der Waals surface area contributed by atoms with Crippen LogP contribution in [-0.2, 0) is 23.6 Å². The van der Waals surface area contributed by atoms with Gasteiger partial charge in [-0.3, -0.25) is 9.78 Å². The standard InChI is InChI=1S/C23H20F6N2O2/c1-2-3-4-16-12-30-19(20(31-16)13-5-7-14(8-6-13)21(32)33)15-9-10-17(22(24,25)26)18(11-15)23(27,28)29/h5-7,9-12,14H,2-4,8H2,1H3,(H,32,33). The largest absolute Gasteiger partial charge is 0.481 e. The summed E-state index contributed by atoms with van der Waals surface area (Å²) in [6, 6.07) is 1.75. The van der Waals surface area contributed by atoms with Crippen LogP contribution in [0.2, 0.25) is 0 Å². The fourth-order valence-electron chi connectivity index (χ4n) is 3.47. The molecule has 2 aromatic rings. The van der Waals surface area contributed by atoms with Gasteiger partial charge in [0, 0.05) is 11.8 Å². The van der Waals surface area contributed by atoms with E-state index in [1.165, 1.54) is 18.3 Å². The van der Waals surface area contributed by atoms with E-state index >= 15 is 0 Å². The quantitative estimate of drug-likeness (QED) is 0.485. The number of carbonyl (C=O) groups is 1. The van der Waals surface area contributed by atoms with Crippen molar-refractivity contribution >= 4 is 11.5 Å². The van der Waals surface area contributed by atoms with Crippen LogP contribution >= 0.6 is 0 Å². The Hall–Kier alpha value is -3.17. The highest BCUT2D eigenvalue weighted by Gasteiger charge is 2.43. The maximum absolute atomic E-state index is 13.4. The molecular formula is C23H20F6N2O2. The monoisotopic (exact) mass is 470 g/mol. The summed E-state index contributed by atoms with van der Waals surface area (Å²) in [5.74, 6) is -1.78. The van der Waals surface area contributed by atoms with Gasteiger partial charge in [-0.15, -0.1) is 0 Å².